The highest BCUT2D eigenvalue weighted by Gasteiger charge is 2.26. The molecule has 0 radical (unpaired) electrons. The van der Waals surface area contributed by atoms with Crippen LogP contribution in [0, 0.1) is 18.7 Å². The first-order chi connectivity index (χ1) is 16.7. The van der Waals surface area contributed by atoms with Gasteiger partial charge in [0.05, 0.1) is 11.4 Å². The fourth-order valence-corrected chi connectivity index (χ4v) is 3.95. The lowest BCUT2D eigenvalue weighted by atomic mass is 9.79. The summed E-state index contributed by atoms with van der Waals surface area (Å²) in [5, 5.41) is 0. The third-order valence-corrected chi connectivity index (χ3v) is 5.26. The Labute approximate surface area is 216 Å². The van der Waals surface area contributed by atoms with Crippen LogP contribution in [0.15, 0.2) is 52.7 Å². The van der Waals surface area contributed by atoms with Crippen LogP contribution in [0.5, 0.6) is 0 Å². The average molecular weight is 488 g/mol. The van der Waals surface area contributed by atoms with E-state index in [2.05, 4.69) is 26.5 Å². The number of rotatable bonds is 6. The Bertz CT molecular complexity index is 826. The molecule has 0 spiro atoms. The average Bonchev–Trinajstić information content (AvgIpc) is 2.83. The maximum Gasteiger partial charge on any atom is 0.132 e. The Hall–Kier alpha value is -2.36. The topological polar surface area (TPSA) is 64.4 Å². The molecule has 0 unspecified atom stereocenters. The van der Waals surface area contributed by atoms with Gasteiger partial charge in [0.2, 0.25) is 0 Å². The zero-order valence-electron chi connectivity index (χ0n) is 24.4. The van der Waals surface area contributed by atoms with E-state index in [4.69, 9.17) is 16.5 Å². The van der Waals surface area contributed by atoms with Gasteiger partial charge in [-0.2, -0.15) is 0 Å². The molecule has 35 heavy (non-hydrogen) atoms. The van der Waals surface area contributed by atoms with Crippen molar-refractivity contribution in [2.45, 2.75) is 114 Å². The largest absolute Gasteiger partial charge is 0.399 e. The van der Waals surface area contributed by atoms with E-state index in [1.807, 2.05) is 61.5 Å². The number of benzene rings is 1. The van der Waals surface area contributed by atoms with E-state index in [-0.39, 0.29) is 11.9 Å². The highest BCUT2D eigenvalue weighted by atomic mass is 19.1. The summed E-state index contributed by atoms with van der Waals surface area (Å²) in [7, 11) is 0. The number of nitrogens with two attached hydrogens (primary N) is 2. The second kappa shape index (κ2) is 19.9. The third-order valence-electron chi connectivity index (χ3n) is 5.26. The summed E-state index contributed by atoms with van der Waals surface area (Å²) in [5.74, 6) is 0.0566. The van der Waals surface area contributed by atoms with Crippen molar-refractivity contribution in [2.24, 2.45) is 22.4 Å². The molecule has 0 heterocycles. The Balaban J connectivity index is 0. The number of allylic oxidation sites excluding steroid dienone is 3. The minimum Gasteiger partial charge on any atom is -0.399 e. The first-order valence-corrected chi connectivity index (χ1v) is 13.6. The van der Waals surface area contributed by atoms with Gasteiger partial charge in [-0.25, -0.2) is 4.39 Å². The van der Waals surface area contributed by atoms with Crippen LogP contribution >= 0.6 is 0 Å². The molecule has 4 N–H and O–H groups in total. The van der Waals surface area contributed by atoms with E-state index in [9.17, 15) is 4.39 Å². The lowest BCUT2D eigenvalue weighted by molar-refractivity contribution is 0.411. The summed E-state index contributed by atoms with van der Waals surface area (Å²) < 4.78 is 14.6. The number of halogens is 1. The molecule has 1 aromatic carbocycles. The van der Waals surface area contributed by atoms with Crippen molar-refractivity contribution in [1.82, 2.24) is 0 Å². The van der Waals surface area contributed by atoms with E-state index in [0.717, 1.165) is 29.7 Å². The normalized spacial score (nSPS) is 15.0. The molecule has 0 aromatic heterocycles. The fourth-order valence-electron chi connectivity index (χ4n) is 3.95. The molecule has 1 aromatic rings. The van der Waals surface area contributed by atoms with Crippen LogP contribution in [0.4, 0.5) is 4.39 Å². The van der Waals surface area contributed by atoms with Gasteiger partial charge in [0.15, 0.2) is 0 Å². The standard InChI is InChI=1S/C24H34FN3.C3H8.2C2H6/c1-6-19(18-10-8-7-9-11-18)24(28-15(2)3)22(17(5)26)23(27)20-13-12-16(4)14-21(20)25;1-3-2;2*1-2/h6,12-15,18H,5,7-11,26-27H2,1-4H3;3H2,1-2H3;2*1-2H3/b19-6-,23-22-,28-24?;;;. The van der Waals surface area contributed by atoms with Crippen LogP contribution in [0.1, 0.15) is 112 Å². The summed E-state index contributed by atoms with van der Waals surface area (Å²) >= 11 is 0. The molecule has 0 amide bonds. The maximum atomic E-state index is 14.6. The second-order valence-electron chi connectivity index (χ2n) is 8.65. The van der Waals surface area contributed by atoms with Crippen LogP contribution in [-0.2, 0) is 0 Å². The van der Waals surface area contributed by atoms with Crippen LogP contribution < -0.4 is 11.5 Å². The molecule has 0 aliphatic heterocycles. The lowest BCUT2D eigenvalue weighted by Gasteiger charge is -2.28. The van der Waals surface area contributed by atoms with Crippen molar-refractivity contribution in [3.63, 3.8) is 0 Å². The number of nitrogens with zero attached hydrogens (tertiary/aromatic N) is 1. The molecular weight excluding hydrogens is 433 g/mol. The van der Waals surface area contributed by atoms with Crippen LogP contribution in [0.2, 0.25) is 0 Å². The van der Waals surface area contributed by atoms with Gasteiger partial charge in [-0.3, -0.25) is 4.99 Å². The number of aryl methyl sites for hydroxylation is 1. The fraction of sp³-hybridized carbons (Fsp3) is 0.581. The monoisotopic (exact) mass is 487 g/mol. The molecule has 1 fully saturated rings. The van der Waals surface area contributed by atoms with Crippen molar-refractivity contribution in [3.8, 4) is 0 Å². The highest BCUT2D eigenvalue weighted by molar-refractivity contribution is 6.19. The van der Waals surface area contributed by atoms with Gasteiger partial charge in [-0.1, -0.05) is 85.9 Å². The minimum atomic E-state index is -0.361. The minimum absolute atomic E-state index is 0.0542. The van der Waals surface area contributed by atoms with Gasteiger partial charge in [0.1, 0.15) is 5.82 Å². The van der Waals surface area contributed by atoms with Crippen molar-refractivity contribution in [2.75, 3.05) is 0 Å². The summed E-state index contributed by atoms with van der Waals surface area (Å²) in [5.41, 5.74) is 16.9. The van der Waals surface area contributed by atoms with E-state index in [1.54, 1.807) is 6.07 Å². The molecule has 1 saturated carbocycles. The van der Waals surface area contributed by atoms with Gasteiger partial charge in [-0.05, 0) is 69.7 Å². The van der Waals surface area contributed by atoms with Crippen molar-refractivity contribution in [3.05, 3.63) is 64.6 Å². The van der Waals surface area contributed by atoms with Crippen LogP contribution in [0.3, 0.4) is 0 Å². The SMILES string of the molecule is C=C(N)/C(C(=NC(C)C)/C(=C\C)C1CCCCC1)=C(/N)c1ccc(C)cc1F.CC.CC.CCC. The van der Waals surface area contributed by atoms with Gasteiger partial charge < -0.3 is 11.5 Å². The molecule has 0 atom stereocenters. The third kappa shape index (κ3) is 11.7. The highest BCUT2D eigenvalue weighted by Crippen LogP contribution is 2.34. The van der Waals surface area contributed by atoms with E-state index in [1.165, 1.54) is 31.7 Å². The zero-order chi connectivity index (χ0) is 27.6. The van der Waals surface area contributed by atoms with Crippen LogP contribution in [-0.4, -0.2) is 11.8 Å². The quantitative estimate of drug-likeness (QED) is 0.310. The molecule has 0 bridgehead atoms. The van der Waals surface area contributed by atoms with Crippen molar-refractivity contribution >= 4 is 11.4 Å². The van der Waals surface area contributed by atoms with Gasteiger partial charge in [0, 0.05) is 22.9 Å². The predicted octanol–water partition coefficient (Wildman–Crippen LogP) is 9.12. The molecule has 1 aliphatic rings. The number of hydrogen-bond acceptors (Lipinski definition) is 3. The number of aliphatic imine (C=N–C) groups is 1. The Morgan fingerprint density at radius 1 is 1.09 bits per heavy atom. The first kappa shape index (κ1) is 34.8. The molecular formula is C31H54FN3. The molecule has 1 aliphatic carbocycles. The Kier molecular flexibility index (Phi) is 19.8. The second-order valence-corrected chi connectivity index (χ2v) is 8.65. The van der Waals surface area contributed by atoms with Gasteiger partial charge in [-0.15, -0.1) is 0 Å². The molecule has 4 heteroatoms. The summed E-state index contributed by atoms with van der Waals surface area (Å²) in [6.45, 7) is 24.1. The summed E-state index contributed by atoms with van der Waals surface area (Å²) in [4.78, 5) is 4.89. The van der Waals surface area contributed by atoms with Crippen molar-refractivity contribution in [1.29, 1.82) is 0 Å². The molecule has 2 rings (SSSR count). The zero-order valence-corrected chi connectivity index (χ0v) is 24.4. The molecule has 3 nitrogen and oxygen atoms in total. The van der Waals surface area contributed by atoms with Crippen molar-refractivity contribution < 1.29 is 4.39 Å². The maximum absolute atomic E-state index is 14.6. The smallest absolute Gasteiger partial charge is 0.132 e. The van der Waals surface area contributed by atoms with E-state index >= 15 is 0 Å². The summed E-state index contributed by atoms with van der Waals surface area (Å²) in [6.07, 6.45) is 9.30. The van der Waals surface area contributed by atoms with Gasteiger partial charge in [0.25, 0.3) is 0 Å². The van der Waals surface area contributed by atoms with Crippen LogP contribution in [0.25, 0.3) is 5.70 Å². The molecule has 0 saturated heterocycles. The number of hydrogen-bond donors (Lipinski definition) is 2. The van der Waals surface area contributed by atoms with E-state index < -0.39 is 0 Å². The Morgan fingerprint density at radius 3 is 2.00 bits per heavy atom. The first-order valence-electron chi connectivity index (χ1n) is 13.6. The lowest BCUT2D eigenvalue weighted by Crippen LogP contribution is -2.24. The predicted molar refractivity (Wildman–Crippen MR) is 157 cm³/mol. The Morgan fingerprint density at radius 2 is 1.60 bits per heavy atom. The summed E-state index contributed by atoms with van der Waals surface area (Å²) in [6, 6.07) is 5.08. The van der Waals surface area contributed by atoms with Gasteiger partial charge >= 0.3 is 0 Å². The molecule has 200 valence electrons. The van der Waals surface area contributed by atoms with E-state index in [0.29, 0.717) is 28.4 Å².